The van der Waals surface area contributed by atoms with Crippen LogP contribution in [-0.2, 0) is 4.79 Å². The van der Waals surface area contributed by atoms with Crippen molar-refractivity contribution in [1.29, 1.82) is 0 Å². The summed E-state index contributed by atoms with van der Waals surface area (Å²) in [6.45, 7) is 4.41. The molecule has 16 heavy (non-hydrogen) atoms. The van der Waals surface area contributed by atoms with Crippen LogP contribution in [-0.4, -0.2) is 5.78 Å². The summed E-state index contributed by atoms with van der Waals surface area (Å²) in [6, 6.07) is 8.83. The number of ketones is 1. The first kappa shape index (κ1) is 11.4. The Kier molecular flexibility index (Phi) is 3.42. The molecule has 1 atom stereocenters. The van der Waals surface area contributed by atoms with E-state index in [2.05, 4.69) is 38.1 Å². The molecular formula is C15H20O. The lowest BCUT2D eigenvalue weighted by Crippen LogP contribution is -2.13. The predicted octanol–water partition coefficient (Wildman–Crippen LogP) is 4.04. The van der Waals surface area contributed by atoms with Gasteiger partial charge in [0.25, 0.3) is 0 Å². The van der Waals surface area contributed by atoms with E-state index in [9.17, 15) is 4.79 Å². The summed E-state index contributed by atoms with van der Waals surface area (Å²) >= 11 is 0. The zero-order valence-corrected chi connectivity index (χ0v) is 10.2. The molecule has 0 N–H and O–H groups in total. The number of carbonyl (C=O) groups is 1. The van der Waals surface area contributed by atoms with E-state index in [-0.39, 0.29) is 0 Å². The summed E-state index contributed by atoms with van der Waals surface area (Å²) in [5, 5.41) is 0. The van der Waals surface area contributed by atoms with Crippen LogP contribution in [0.2, 0.25) is 0 Å². The van der Waals surface area contributed by atoms with E-state index in [0.717, 1.165) is 19.3 Å². The number of hydrogen-bond donors (Lipinski definition) is 0. The summed E-state index contributed by atoms with van der Waals surface area (Å²) in [5.41, 5.74) is 2.73. The van der Waals surface area contributed by atoms with Crippen molar-refractivity contribution in [3.05, 3.63) is 35.4 Å². The third-order valence-corrected chi connectivity index (χ3v) is 3.56. The molecule has 1 heteroatoms. The van der Waals surface area contributed by atoms with Gasteiger partial charge >= 0.3 is 0 Å². The molecule has 0 spiro atoms. The quantitative estimate of drug-likeness (QED) is 0.729. The van der Waals surface area contributed by atoms with E-state index in [1.165, 1.54) is 17.5 Å². The Morgan fingerprint density at radius 3 is 2.44 bits per heavy atom. The molecule has 1 nitrogen and oxygen atoms in total. The number of hydrogen-bond acceptors (Lipinski definition) is 1. The second-order valence-electron chi connectivity index (χ2n) is 5.15. The van der Waals surface area contributed by atoms with Gasteiger partial charge in [-0.3, -0.25) is 4.79 Å². The van der Waals surface area contributed by atoms with Crippen LogP contribution < -0.4 is 0 Å². The molecule has 86 valence electrons. The van der Waals surface area contributed by atoms with Gasteiger partial charge in [0.2, 0.25) is 0 Å². The molecule has 0 heterocycles. The molecular weight excluding hydrogens is 196 g/mol. The van der Waals surface area contributed by atoms with E-state index in [1.54, 1.807) is 0 Å². The van der Waals surface area contributed by atoms with Gasteiger partial charge in [-0.05, 0) is 35.8 Å². The average Bonchev–Trinajstić information content (AvgIpc) is 2.29. The maximum Gasteiger partial charge on any atom is 0.133 e. The van der Waals surface area contributed by atoms with Gasteiger partial charge in [-0.2, -0.15) is 0 Å². The Morgan fingerprint density at radius 1 is 1.19 bits per heavy atom. The van der Waals surface area contributed by atoms with Crippen molar-refractivity contribution in [3.8, 4) is 0 Å². The number of Topliss-reactive ketones (excluding diaryl/α,β-unsaturated/α-hetero) is 1. The number of carbonyl (C=O) groups excluding carboxylic acids is 1. The highest BCUT2D eigenvalue weighted by Gasteiger charge is 2.20. The van der Waals surface area contributed by atoms with Gasteiger partial charge in [0.1, 0.15) is 5.78 Å². The molecule has 2 rings (SSSR count). The van der Waals surface area contributed by atoms with Gasteiger partial charge in [0.05, 0.1) is 0 Å². The molecule has 0 aromatic heterocycles. The van der Waals surface area contributed by atoms with Crippen LogP contribution in [0.3, 0.4) is 0 Å². The Labute approximate surface area is 97.9 Å². The molecule has 1 aliphatic rings. The second-order valence-corrected chi connectivity index (χ2v) is 5.15. The van der Waals surface area contributed by atoms with Crippen molar-refractivity contribution in [3.63, 3.8) is 0 Å². The summed E-state index contributed by atoms with van der Waals surface area (Å²) < 4.78 is 0. The van der Waals surface area contributed by atoms with Gasteiger partial charge in [-0.15, -0.1) is 0 Å². The van der Waals surface area contributed by atoms with E-state index < -0.39 is 0 Å². The molecule has 1 fully saturated rings. The lowest BCUT2D eigenvalue weighted by atomic mass is 9.83. The molecule has 1 saturated carbocycles. The SMILES string of the molecule is CC(C)c1ccc(C2CCCC(=O)C2)cc1. The molecule has 0 bridgehead atoms. The van der Waals surface area contributed by atoms with E-state index in [0.29, 0.717) is 17.6 Å². The van der Waals surface area contributed by atoms with E-state index in [4.69, 9.17) is 0 Å². The number of benzene rings is 1. The van der Waals surface area contributed by atoms with E-state index in [1.807, 2.05) is 0 Å². The highest BCUT2D eigenvalue weighted by atomic mass is 16.1. The fourth-order valence-electron chi connectivity index (χ4n) is 2.46. The summed E-state index contributed by atoms with van der Waals surface area (Å²) in [7, 11) is 0. The fraction of sp³-hybridized carbons (Fsp3) is 0.533. The van der Waals surface area contributed by atoms with Crippen LogP contribution in [0.5, 0.6) is 0 Å². The van der Waals surface area contributed by atoms with Crippen molar-refractivity contribution < 1.29 is 4.79 Å². The maximum absolute atomic E-state index is 11.4. The van der Waals surface area contributed by atoms with Gasteiger partial charge in [0.15, 0.2) is 0 Å². The Hall–Kier alpha value is -1.11. The molecule has 0 saturated heterocycles. The summed E-state index contributed by atoms with van der Waals surface area (Å²) in [6.07, 6.45) is 3.78. The van der Waals surface area contributed by atoms with Crippen LogP contribution in [0.4, 0.5) is 0 Å². The molecule has 0 aliphatic heterocycles. The Morgan fingerprint density at radius 2 is 1.88 bits per heavy atom. The zero-order chi connectivity index (χ0) is 11.5. The van der Waals surface area contributed by atoms with Crippen molar-refractivity contribution in [1.82, 2.24) is 0 Å². The minimum atomic E-state index is 0.434. The lowest BCUT2D eigenvalue weighted by molar-refractivity contribution is -0.120. The largest absolute Gasteiger partial charge is 0.300 e. The fourth-order valence-corrected chi connectivity index (χ4v) is 2.46. The molecule has 0 radical (unpaired) electrons. The van der Waals surface area contributed by atoms with Crippen molar-refractivity contribution >= 4 is 5.78 Å². The first-order valence-corrected chi connectivity index (χ1v) is 6.28. The van der Waals surface area contributed by atoms with Crippen molar-refractivity contribution in [2.75, 3.05) is 0 Å². The highest BCUT2D eigenvalue weighted by molar-refractivity contribution is 5.80. The highest BCUT2D eigenvalue weighted by Crippen LogP contribution is 2.31. The second kappa shape index (κ2) is 4.82. The zero-order valence-electron chi connectivity index (χ0n) is 10.2. The first-order chi connectivity index (χ1) is 7.66. The topological polar surface area (TPSA) is 17.1 Å². The number of rotatable bonds is 2. The van der Waals surface area contributed by atoms with Gasteiger partial charge in [-0.25, -0.2) is 0 Å². The van der Waals surface area contributed by atoms with Crippen LogP contribution in [0.1, 0.15) is 62.5 Å². The smallest absolute Gasteiger partial charge is 0.133 e. The van der Waals surface area contributed by atoms with Gasteiger partial charge < -0.3 is 0 Å². The standard InChI is InChI=1S/C15H20O/c1-11(2)12-6-8-13(9-7-12)14-4-3-5-15(16)10-14/h6-9,11,14H,3-5,10H2,1-2H3. The average molecular weight is 216 g/mol. The normalized spacial score (nSPS) is 21.4. The first-order valence-electron chi connectivity index (χ1n) is 6.28. The van der Waals surface area contributed by atoms with Crippen LogP contribution >= 0.6 is 0 Å². The third-order valence-electron chi connectivity index (χ3n) is 3.56. The van der Waals surface area contributed by atoms with Crippen LogP contribution in [0.15, 0.2) is 24.3 Å². The van der Waals surface area contributed by atoms with E-state index >= 15 is 0 Å². The van der Waals surface area contributed by atoms with Crippen molar-refractivity contribution in [2.45, 2.75) is 51.4 Å². The van der Waals surface area contributed by atoms with Gasteiger partial charge in [-0.1, -0.05) is 38.1 Å². The third kappa shape index (κ3) is 2.52. The minimum absolute atomic E-state index is 0.434. The van der Waals surface area contributed by atoms with Crippen LogP contribution in [0, 0.1) is 0 Å². The summed E-state index contributed by atoms with van der Waals surface area (Å²) in [4.78, 5) is 11.4. The molecule has 0 amide bonds. The maximum atomic E-state index is 11.4. The molecule has 1 aromatic carbocycles. The van der Waals surface area contributed by atoms with Crippen LogP contribution in [0.25, 0.3) is 0 Å². The Balaban J connectivity index is 2.11. The predicted molar refractivity (Wildman–Crippen MR) is 66.7 cm³/mol. The summed E-state index contributed by atoms with van der Waals surface area (Å²) in [5.74, 6) is 1.49. The van der Waals surface area contributed by atoms with Gasteiger partial charge in [0, 0.05) is 12.8 Å². The van der Waals surface area contributed by atoms with Crippen molar-refractivity contribution in [2.24, 2.45) is 0 Å². The lowest BCUT2D eigenvalue weighted by Gasteiger charge is -2.21. The monoisotopic (exact) mass is 216 g/mol. The molecule has 1 aliphatic carbocycles. The molecule has 1 unspecified atom stereocenters. The Bertz CT molecular complexity index is 362. The minimum Gasteiger partial charge on any atom is -0.300 e. The molecule has 1 aromatic rings.